The molecule has 4 nitrogen and oxygen atoms in total. The molecular weight excluding hydrogens is 434 g/mol. The van der Waals surface area contributed by atoms with Crippen LogP contribution in [0.3, 0.4) is 0 Å². The summed E-state index contributed by atoms with van der Waals surface area (Å²) in [7, 11) is -1.33. The summed E-state index contributed by atoms with van der Waals surface area (Å²) in [6, 6.07) is 15.9. The van der Waals surface area contributed by atoms with Crippen molar-refractivity contribution < 1.29 is 14.0 Å². The Kier molecular flexibility index (Phi) is 7.86. The normalized spacial score (nSPS) is 13.8. The van der Waals surface area contributed by atoms with Crippen LogP contribution in [0.25, 0.3) is 0 Å². The first kappa shape index (κ1) is 22.7. The van der Waals surface area contributed by atoms with Gasteiger partial charge < -0.3 is 14.5 Å². The van der Waals surface area contributed by atoms with E-state index in [2.05, 4.69) is 55.1 Å². The SMILES string of the molecule is C[SiH](C)O[C@@](CBr)(c1ccc(OCc2ccccc2)c(NC=O)c1)C(C)(C)C. The van der Waals surface area contributed by atoms with Crippen molar-refractivity contribution in [3.05, 3.63) is 59.7 Å². The first-order valence-electron chi connectivity index (χ1n) is 9.48. The Morgan fingerprint density at radius 3 is 2.32 bits per heavy atom. The van der Waals surface area contributed by atoms with Crippen molar-refractivity contribution in [2.24, 2.45) is 5.41 Å². The number of benzene rings is 2. The van der Waals surface area contributed by atoms with E-state index in [0.29, 0.717) is 29.8 Å². The van der Waals surface area contributed by atoms with E-state index in [9.17, 15) is 4.79 Å². The minimum absolute atomic E-state index is 0.140. The minimum Gasteiger partial charge on any atom is -0.487 e. The van der Waals surface area contributed by atoms with E-state index in [4.69, 9.17) is 9.16 Å². The van der Waals surface area contributed by atoms with Gasteiger partial charge in [-0.05, 0) is 41.8 Å². The van der Waals surface area contributed by atoms with Gasteiger partial charge in [-0.3, -0.25) is 4.79 Å². The highest BCUT2D eigenvalue weighted by molar-refractivity contribution is 9.09. The molecule has 2 rings (SSSR count). The smallest absolute Gasteiger partial charge is 0.211 e. The third-order valence-corrected chi connectivity index (χ3v) is 6.40. The molecule has 0 aliphatic rings. The molecule has 0 unspecified atom stereocenters. The van der Waals surface area contributed by atoms with Crippen LogP contribution in [0, 0.1) is 5.41 Å². The van der Waals surface area contributed by atoms with Gasteiger partial charge in [-0.25, -0.2) is 0 Å². The second-order valence-electron chi connectivity index (χ2n) is 8.12. The highest BCUT2D eigenvalue weighted by atomic mass is 79.9. The highest BCUT2D eigenvalue weighted by Gasteiger charge is 2.44. The standard InChI is InChI=1S/C22H30BrNO3Si/c1-21(2,3)22(15-23,27-28(4)5)18-11-12-20(19(13-18)24-16-25)26-14-17-9-7-6-8-10-17/h6-13,16,28H,14-15H2,1-5H3,(H,24,25)/t22-/m0/s1. The van der Waals surface area contributed by atoms with E-state index in [1.165, 1.54) is 0 Å². The molecule has 0 spiro atoms. The Hall–Kier alpha value is -1.63. The molecule has 28 heavy (non-hydrogen) atoms. The van der Waals surface area contributed by atoms with E-state index in [1.807, 2.05) is 48.5 Å². The molecule has 6 heteroatoms. The van der Waals surface area contributed by atoms with Crippen LogP contribution in [-0.2, 0) is 21.4 Å². The third-order valence-electron chi connectivity index (χ3n) is 4.73. The number of amides is 1. The van der Waals surface area contributed by atoms with Gasteiger partial charge in [0, 0.05) is 5.33 Å². The fourth-order valence-corrected chi connectivity index (χ4v) is 6.13. The molecule has 0 fully saturated rings. The average Bonchev–Trinajstić information content (AvgIpc) is 2.65. The molecule has 0 aliphatic heterocycles. The number of halogens is 1. The average molecular weight is 464 g/mol. The van der Waals surface area contributed by atoms with Gasteiger partial charge in [0.1, 0.15) is 12.4 Å². The molecular formula is C22H30BrNO3Si. The number of alkyl halides is 1. The Bertz CT molecular complexity index is 777. The van der Waals surface area contributed by atoms with Crippen LogP contribution in [0.1, 0.15) is 31.9 Å². The van der Waals surface area contributed by atoms with Crippen molar-refractivity contribution in [3.63, 3.8) is 0 Å². The van der Waals surface area contributed by atoms with Gasteiger partial charge in [-0.15, -0.1) is 0 Å². The summed E-state index contributed by atoms with van der Waals surface area (Å²) < 4.78 is 12.6. The number of anilines is 1. The van der Waals surface area contributed by atoms with Gasteiger partial charge in [0.25, 0.3) is 0 Å². The molecule has 152 valence electrons. The van der Waals surface area contributed by atoms with Gasteiger partial charge in [-0.1, -0.05) is 73.1 Å². The van der Waals surface area contributed by atoms with Crippen molar-refractivity contribution >= 4 is 37.1 Å². The first-order chi connectivity index (χ1) is 13.2. The van der Waals surface area contributed by atoms with E-state index in [0.717, 1.165) is 11.1 Å². The second kappa shape index (κ2) is 9.72. The summed E-state index contributed by atoms with van der Waals surface area (Å²) in [6.07, 6.45) is 0.680. The van der Waals surface area contributed by atoms with Crippen molar-refractivity contribution in [2.75, 3.05) is 10.6 Å². The van der Waals surface area contributed by atoms with Crippen LogP contribution < -0.4 is 10.1 Å². The molecule has 0 saturated carbocycles. The van der Waals surface area contributed by atoms with Crippen molar-refractivity contribution in [1.82, 2.24) is 0 Å². The maximum atomic E-state index is 11.2. The molecule has 0 heterocycles. The minimum atomic E-state index is -1.33. The second-order valence-corrected chi connectivity index (χ2v) is 11.0. The van der Waals surface area contributed by atoms with Crippen LogP contribution in [0.5, 0.6) is 5.75 Å². The van der Waals surface area contributed by atoms with E-state index < -0.39 is 14.6 Å². The number of hydrogen-bond acceptors (Lipinski definition) is 3. The maximum Gasteiger partial charge on any atom is 0.211 e. The van der Waals surface area contributed by atoms with Crippen LogP contribution in [0.2, 0.25) is 13.1 Å². The molecule has 0 saturated heterocycles. The zero-order valence-electron chi connectivity index (χ0n) is 17.3. The largest absolute Gasteiger partial charge is 0.487 e. The molecule has 2 aromatic rings. The monoisotopic (exact) mass is 463 g/mol. The first-order valence-corrected chi connectivity index (χ1v) is 13.4. The molecule has 0 radical (unpaired) electrons. The predicted molar refractivity (Wildman–Crippen MR) is 122 cm³/mol. The summed E-state index contributed by atoms with van der Waals surface area (Å²) in [5.74, 6) is 0.638. The Morgan fingerprint density at radius 2 is 1.79 bits per heavy atom. The number of rotatable bonds is 9. The van der Waals surface area contributed by atoms with Crippen molar-refractivity contribution in [2.45, 2.75) is 46.1 Å². The van der Waals surface area contributed by atoms with Crippen LogP contribution in [0.15, 0.2) is 48.5 Å². The van der Waals surface area contributed by atoms with Gasteiger partial charge in [0.15, 0.2) is 9.04 Å². The molecule has 1 atom stereocenters. The van der Waals surface area contributed by atoms with Crippen LogP contribution in [0.4, 0.5) is 5.69 Å². The maximum absolute atomic E-state index is 11.2. The molecule has 0 aliphatic carbocycles. The number of carbonyl (C=O) groups is 1. The van der Waals surface area contributed by atoms with E-state index >= 15 is 0 Å². The number of hydrogen-bond donors (Lipinski definition) is 1. The lowest BCUT2D eigenvalue weighted by Crippen LogP contribution is -2.47. The fourth-order valence-electron chi connectivity index (χ4n) is 3.21. The highest BCUT2D eigenvalue weighted by Crippen LogP contribution is 2.46. The summed E-state index contributed by atoms with van der Waals surface area (Å²) in [5.41, 5.74) is 2.10. The molecule has 0 bridgehead atoms. The molecule has 1 N–H and O–H groups in total. The summed E-state index contributed by atoms with van der Waals surface area (Å²) in [6.45, 7) is 11.3. The lowest BCUT2D eigenvalue weighted by atomic mass is 9.73. The number of carbonyl (C=O) groups excluding carboxylic acids is 1. The zero-order valence-corrected chi connectivity index (χ0v) is 20.0. The van der Waals surface area contributed by atoms with Gasteiger partial charge in [0.2, 0.25) is 6.41 Å². The third kappa shape index (κ3) is 5.24. The fraction of sp³-hybridized carbons (Fsp3) is 0.409. The summed E-state index contributed by atoms with van der Waals surface area (Å²) >= 11 is 3.69. The number of nitrogens with one attached hydrogen (secondary N) is 1. The van der Waals surface area contributed by atoms with Crippen molar-refractivity contribution in [1.29, 1.82) is 0 Å². The predicted octanol–water partition coefficient (Wildman–Crippen LogP) is 5.47. The van der Waals surface area contributed by atoms with E-state index in [-0.39, 0.29) is 5.41 Å². The Labute approximate surface area is 178 Å². The van der Waals surface area contributed by atoms with Crippen LogP contribution in [-0.4, -0.2) is 20.8 Å². The molecule has 0 aromatic heterocycles. The Morgan fingerprint density at radius 1 is 1.11 bits per heavy atom. The molecule has 2 aromatic carbocycles. The quantitative estimate of drug-likeness (QED) is 0.304. The topological polar surface area (TPSA) is 47.6 Å². The summed E-state index contributed by atoms with van der Waals surface area (Å²) in [5, 5.41) is 3.45. The number of ether oxygens (including phenoxy) is 1. The van der Waals surface area contributed by atoms with Gasteiger partial charge >= 0.3 is 0 Å². The summed E-state index contributed by atoms with van der Waals surface area (Å²) in [4.78, 5) is 11.2. The van der Waals surface area contributed by atoms with Crippen LogP contribution >= 0.6 is 15.9 Å². The van der Waals surface area contributed by atoms with E-state index in [1.54, 1.807) is 0 Å². The lowest BCUT2D eigenvalue weighted by molar-refractivity contribution is -0.105. The van der Waals surface area contributed by atoms with Gasteiger partial charge in [0.05, 0.1) is 11.3 Å². The van der Waals surface area contributed by atoms with Gasteiger partial charge in [-0.2, -0.15) is 0 Å². The lowest BCUT2D eigenvalue weighted by Gasteiger charge is -2.46. The molecule has 1 amide bonds. The Balaban J connectivity index is 2.41. The van der Waals surface area contributed by atoms with Crippen molar-refractivity contribution in [3.8, 4) is 5.75 Å². The zero-order chi connectivity index (χ0) is 20.8.